The monoisotopic (exact) mass is 301 g/mol. The van der Waals surface area contributed by atoms with Crippen molar-refractivity contribution in [3.63, 3.8) is 0 Å². The Balaban J connectivity index is 1.81. The van der Waals surface area contributed by atoms with Crippen LogP contribution in [0.4, 0.5) is 0 Å². The Morgan fingerprint density at radius 2 is 2.19 bits per heavy atom. The van der Waals surface area contributed by atoms with Gasteiger partial charge >= 0.3 is 0 Å². The number of rotatable bonds is 3. The zero-order valence-electron chi connectivity index (χ0n) is 12.0. The predicted octanol–water partition coefficient (Wildman–Crippen LogP) is 2.29. The van der Waals surface area contributed by atoms with Gasteiger partial charge in [-0.1, -0.05) is 0 Å². The maximum atomic E-state index is 12.3. The molecule has 0 fully saturated rings. The van der Waals surface area contributed by atoms with Crippen LogP contribution in [0.3, 0.4) is 0 Å². The second-order valence-corrected chi connectivity index (χ2v) is 6.23. The van der Waals surface area contributed by atoms with Gasteiger partial charge in [-0.05, 0) is 26.8 Å². The van der Waals surface area contributed by atoms with Crippen molar-refractivity contribution in [1.82, 2.24) is 24.7 Å². The summed E-state index contributed by atoms with van der Waals surface area (Å²) in [5.41, 5.74) is 1.26. The SMILES string of the molecule is Cc1nc([C@H](C)NC(=O)c2cn3cccnc3n2)c(C)s1. The summed E-state index contributed by atoms with van der Waals surface area (Å²) in [6.45, 7) is 5.90. The van der Waals surface area contributed by atoms with E-state index in [2.05, 4.69) is 20.3 Å². The van der Waals surface area contributed by atoms with Gasteiger partial charge in [-0.25, -0.2) is 15.0 Å². The van der Waals surface area contributed by atoms with E-state index in [1.54, 1.807) is 34.2 Å². The molecular weight excluding hydrogens is 286 g/mol. The number of nitrogens with one attached hydrogen (secondary N) is 1. The maximum absolute atomic E-state index is 12.3. The summed E-state index contributed by atoms with van der Waals surface area (Å²) in [6.07, 6.45) is 5.13. The van der Waals surface area contributed by atoms with E-state index < -0.39 is 0 Å². The third-order valence-corrected chi connectivity index (χ3v) is 4.07. The molecule has 1 N–H and O–H groups in total. The number of fused-ring (bicyclic) bond motifs is 1. The Hall–Kier alpha value is -2.28. The zero-order chi connectivity index (χ0) is 15.0. The van der Waals surface area contributed by atoms with E-state index >= 15 is 0 Å². The first-order valence-electron chi connectivity index (χ1n) is 6.59. The average molecular weight is 301 g/mol. The molecule has 0 radical (unpaired) electrons. The third-order valence-electron chi connectivity index (χ3n) is 3.17. The van der Waals surface area contributed by atoms with Gasteiger partial charge in [0, 0.05) is 23.5 Å². The summed E-state index contributed by atoms with van der Waals surface area (Å²) in [5, 5.41) is 3.93. The number of carbonyl (C=O) groups is 1. The van der Waals surface area contributed by atoms with E-state index in [-0.39, 0.29) is 11.9 Å². The Labute approximate surface area is 125 Å². The van der Waals surface area contributed by atoms with Crippen LogP contribution in [-0.2, 0) is 0 Å². The molecule has 6 nitrogen and oxygen atoms in total. The molecule has 3 aromatic heterocycles. The second kappa shape index (κ2) is 5.25. The van der Waals surface area contributed by atoms with Gasteiger partial charge in [0.05, 0.1) is 16.7 Å². The molecule has 0 saturated carbocycles. The number of amides is 1. The van der Waals surface area contributed by atoms with Crippen LogP contribution >= 0.6 is 11.3 Å². The highest BCUT2D eigenvalue weighted by molar-refractivity contribution is 7.11. The van der Waals surface area contributed by atoms with E-state index in [0.717, 1.165) is 15.6 Å². The van der Waals surface area contributed by atoms with Crippen LogP contribution in [0, 0.1) is 13.8 Å². The fourth-order valence-electron chi connectivity index (χ4n) is 2.23. The van der Waals surface area contributed by atoms with Crippen molar-refractivity contribution in [2.24, 2.45) is 0 Å². The highest BCUT2D eigenvalue weighted by Gasteiger charge is 2.18. The van der Waals surface area contributed by atoms with Crippen LogP contribution in [-0.4, -0.2) is 25.3 Å². The van der Waals surface area contributed by atoms with Crippen molar-refractivity contribution >= 4 is 23.0 Å². The maximum Gasteiger partial charge on any atom is 0.272 e. The number of imidazole rings is 1. The van der Waals surface area contributed by atoms with Crippen molar-refractivity contribution in [2.45, 2.75) is 26.8 Å². The van der Waals surface area contributed by atoms with Crippen LogP contribution < -0.4 is 5.32 Å². The van der Waals surface area contributed by atoms with Gasteiger partial charge < -0.3 is 5.32 Å². The molecule has 3 heterocycles. The van der Waals surface area contributed by atoms with Crippen LogP contribution in [0.5, 0.6) is 0 Å². The number of carbonyl (C=O) groups excluding carboxylic acids is 1. The van der Waals surface area contributed by atoms with E-state index in [1.807, 2.05) is 27.0 Å². The summed E-state index contributed by atoms with van der Waals surface area (Å²) in [5.74, 6) is 0.286. The van der Waals surface area contributed by atoms with Crippen LogP contribution in [0.15, 0.2) is 24.7 Å². The van der Waals surface area contributed by atoms with Gasteiger partial charge in [-0.3, -0.25) is 9.20 Å². The largest absolute Gasteiger partial charge is 0.343 e. The summed E-state index contributed by atoms with van der Waals surface area (Å²) in [6, 6.07) is 1.64. The number of hydrogen-bond donors (Lipinski definition) is 1. The number of aryl methyl sites for hydroxylation is 2. The lowest BCUT2D eigenvalue weighted by Gasteiger charge is -2.11. The Kier molecular flexibility index (Phi) is 3.42. The lowest BCUT2D eigenvalue weighted by Crippen LogP contribution is -2.27. The molecule has 0 bridgehead atoms. The van der Waals surface area contributed by atoms with E-state index in [9.17, 15) is 4.79 Å². The van der Waals surface area contributed by atoms with Crippen LogP contribution in [0.2, 0.25) is 0 Å². The predicted molar refractivity (Wildman–Crippen MR) is 80.5 cm³/mol. The summed E-state index contributed by atoms with van der Waals surface area (Å²) >= 11 is 1.63. The van der Waals surface area contributed by atoms with Crippen molar-refractivity contribution in [2.75, 3.05) is 0 Å². The minimum atomic E-state index is -0.224. The van der Waals surface area contributed by atoms with Crippen molar-refractivity contribution in [3.05, 3.63) is 45.9 Å². The first-order chi connectivity index (χ1) is 10.0. The topological polar surface area (TPSA) is 72.2 Å². The molecule has 0 unspecified atom stereocenters. The van der Waals surface area contributed by atoms with Gasteiger partial charge in [0.1, 0.15) is 5.69 Å². The lowest BCUT2D eigenvalue weighted by atomic mass is 10.2. The summed E-state index contributed by atoms with van der Waals surface area (Å²) in [4.78, 5) is 26.2. The molecule has 7 heteroatoms. The average Bonchev–Trinajstić information content (AvgIpc) is 3.01. The third kappa shape index (κ3) is 2.64. The molecule has 21 heavy (non-hydrogen) atoms. The number of hydrogen-bond acceptors (Lipinski definition) is 5. The van der Waals surface area contributed by atoms with Gasteiger partial charge in [0.2, 0.25) is 5.78 Å². The molecule has 3 aromatic rings. The highest BCUT2D eigenvalue weighted by Crippen LogP contribution is 2.22. The van der Waals surface area contributed by atoms with Gasteiger partial charge in [0.15, 0.2) is 0 Å². The summed E-state index contributed by atoms with van der Waals surface area (Å²) < 4.78 is 1.72. The second-order valence-electron chi connectivity index (χ2n) is 4.82. The Bertz CT molecular complexity index is 774. The molecule has 0 aliphatic heterocycles. The van der Waals surface area contributed by atoms with Crippen molar-refractivity contribution in [1.29, 1.82) is 0 Å². The quantitative estimate of drug-likeness (QED) is 0.805. The Morgan fingerprint density at radius 3 is 2.86 bits per heavy atom. The summed E-state index contributed by atoms with van der Waals surface area (Å²) in [7, 11) is 0. The van der Waals surface area contributed by atoms with Crippen molar-refractivity contribution in [3.8, 4) is 0 Å². The molecule has 3 rings (SSSR count). The van der Waals surface area contributed by atoms with Gasteiger partial charge in [0.25, 0.3) is 5.91 Å². The molecule has 0 aliphatic carbocycles. The van der Waals surface area contributed by atoms with E-state index in [4.69, 9.17) is 0 Å². The smallest absolute Gasteiger partial charge is 0.272 e. The van der Waals surface area contributed by atoms with Crippen LogP contribution in [0.25, 0.3) is 5.78 Å². The minimum absolute atomic E-state index is 0.153. The Morgan fingerprint density at radius 1 is 1.38 bits per heavy atom. The van der Waals surface area contributed by atoms with E-state index in [0.29, 0.717) is 11.5 Å². The molecular formula is C14H15N5OS. The first kappa shape index (κ1) is 13.7. The molecule has 0 aromatic carbocycles. The first-order valence-corrected chi connectivity index (χ1v) is 7.41. The zero-order valence-corrected chi connectivity index (χ0v) is 12.8. The standard InChI is InChI=1S/C14H15N5OS/c1-8(12-9(2)21-10(3)17-12)16-13(20)11-7-19-6-4-5-15-14(19)18-11/h4-8H,1-3H3,(H,16,20)/t8-/m0/s1. The minimum Gasteiger partial charge on any atom is -0.343 e. The highest BCUT2D eigenvalue weighted by atomic mass is 32.1. The number of aromatic nitrogens is 4. The number of nitrogens with zero attached hydrogens (tertiary/aromatic N) is 4. The molecule has 1 amide bonds. The molecule has 108 valence electrons. The number of thiazole rings is 1. The van der Waals surface area contributed by atoms with Crippen LogP contribution in [0.1, 0.15) is 39.0 Å². The molecule has 0 spiro atoms. The fraction of sp³-hybridized carbons (Fsp3) is 0.286. The van der Waals surface area contributed by atoms with Crippen molar-refractivity contribution < 1.29 is 4.79 Å². The van der Waals surface area contributed by atoms with Gasteiger partial charge in [-0.2, -0.15) is 0 Å². The molecule has 0 aliphatic rings. The molecule has 0 saturated heterocycles. The molecule has 1 atom stereocenters. The van der Waals surface area contributed by atoms with Gasteiger partial charge in [-0.15, -0.1) is 11.3 Å². The normalized spacial score (nSPS) is 12.5. The fourth-order valence-corrected chi connectivity index (χ4v) is 3.14. The lowest BCUT2D eigenvalue weighted by molar-refractivity contribution is 0.0934. The van der Waals surface area contributed by atoms with E-state index in [1.165, 1.54) is 0 Å².